The zero-order chi connectivity index (χ0) is 23.4. The number of hydrogen-bond donors (Lipinski definition) is 2. The quantitative estimate of drug-likeness (QED) is 0.424. The van der Waals surface area contributed by atoms with Crippen molar-refractivity contribution in [3.63, 3.8) is 0 Å². The molecule has 0 radical (unpaired) electrons. The van der Waals surface area contributed by atoms with Crippen LogP contribution in [0.2, 0.25) is 0 Å². The van der Waals surface area contributed by atoms with E-state index in [0.29, 0.717) is 35.2 Å². The van der Waals surface area contributed by atoms with Gasteiger partial charge in [-0.25, -0.2) is 0 Å². The summed E-state index contributed by atoms with van der Waals surface area (Å²) >= 11 is 0. The van der Waals surface area contributed by atoms with Crippen molar-refractivity contribution in [2.24, 2.45) is 50.2 Å². The van der Waals surface area contributed by atoms with Crippen LogP contribution in [0, 0.1) is 50.2 Å². The molecule has 5 aliphatic carbocycles. The summed E-state index contributed by atoms with van der Waals surface area (Å²) in [4.78, 5) is 0. The lowest BCUT2D eigenvalue weighted by Gasteiger charge is -2.71. The molecule has 2 N–H and O–H groups in total. The number of rotatable bonds is 1. The number of aliphatic hydroxyl groups excluding tert-OH is 2. The van der Waals surface area contributed by atoms with Gasteiger partial charge in [0.05, 0.1) is 12.7 Å². The maximum Gasteiger partial charge on any atom is 0.0594 e. The lowest BCUT2D eigenvalue weighted by atomic mass is 9.33. The molecule has 0 aromatic rings. The van der Waals surface area contributed by atoms with Crippen molar-refractivity contribution in [3.05, 3.63) is 11.6 Å². The monoisotopic (exact) mass is 442 g/mol. The van der Waals surface area contributed by atoms with Gasteiger partial charge in [0, 0.05) is 5.41 Å². The van der Waals surface area contributed by atoms with Crippen LogP contribution in [0.15, 0.2) is 11.6 Å². The first-order chi connectivity index (χ1) is 14.8. The van der Waals surface area contributed by atoms with E-state index in [0.717, 1.165) is 12.8 Å². The predicted octanol–water partition coefficient (Wildman–Crippen LogP) is 7.14. The van der Waals surface area contributed by atoms with Gasteiger partial charge >= 0.3 is 0 Å². The van der Waals surface area contributed by atoms with Crippen molar-refractivity contribution in [3.8, 4) is 0 Å². The molecule has 0 bridgehead atoms. The normalized spacial score (nSPS) is 53.8. The molecular formula is C30H50O2. The molecule has 8 atom stereocenters. The molecular weight excluding hydrogens is 392 g/mol. The second-order valence-corrected chi connectivity index (χ2v) is 15.2. The molecule has 5 aliphatic rings. The van der Waals surface area contributed by atoms with Crippen molar-refractivity contribution in [2.45, 2.75) is 119 Å². The van der Waals surface area contributed by atoms with E-state index in [1.807, 2.05) is 0 Å². The SMILES string of the molecule is CC1(C)CC[C@]2(C)CC[C@]3(CO)C(=CC[C@@H]4[C@@]5(C)CC[C@@H](O)C(C)(C)[C@@H]5CC[C@]43C)[C@@H]2C1. The van der Waals surface area contributed by atoms with Gasteiger partial charge in [0.1, 0.15) is 0 Å². The number of hydrogen-bond acceptors (Lipinski definition) is 2. The van der Waals surface area contributed by atoms with Gasteiger partial charge in [-0.1, -0.05) is 60.1 Å². The van der Waals surface area contributed by atoms with Crippen molar-refractivity contribution in [1.29, 1.82) is 0 Å². The first-order valence-electron chi connectivity index (χ1n) is 13.8. The molecule has 4 fully saturated rings. The van der Waals surface area contributed by atoms with E-state index in [9.17, 15) is 10.2 Å². The minimum atomic E-state index is -0.175. The van der Waals surface area contributed by atoms with E-state index < -0.39 is 0 Å². The Morgan fingerprint density at radius 3 is 2.22 bits per heavy atom. The number of allylic oxidation sites excluding steroid dienone is 1. The minimum Gasteiger partial charge on any atom is -0.395 e. The summed E-state index contributed by atoms with van der Waals surface area (Å²) in [5.41, 5.74) is 2.86. The molecule has 0 aromatic carbocycles. The maximum atomic E-state index is 11.2. The zero-order valence-corrected chi connectivity index (χ0v) is 22.1. The molecule has 4 saturated carbocycles. The van der Waals surface area contributed by atoms with E-state index in [-0.39, 0.29) is 27.8 Å². The van der Waals surface area contributed by atoms with E-state index in [1.54, 1.807) is 5.57 Å². The van der Waals surface area contributed by atoms with E-state index >= 15 is 0 Å². The van der Waals surface area contributed by atoms with E-state index in [1.165, 1.54) is 51.4 Å². The molecule has 0 saturated heterocycles. The molecule has 0 aliphatic heterocycles. The third kappa shape index (κ3) is 2.78. The van der Waals surface area contributed by atoms with Crippen LogP contribution in [0.3, 0.4) is 0 Å². The van der Waals surface area contributed by atoms with Crippen molar-refractivity contribution in [2.75, 3.05) is 6.61 Å². The summed E-state index contributed by atoms with van der Waals surface area (Å²) in [5, 5.41) is 22.1. The van der Waals surface area contributed by atoms with Gasteiger partial charge in [-0.05, 0) is 109 Å². The molecule has 0 aromatic heterocycles. The molecule has 2 heteroatoms. The average molecular weight is 443 g/mol. The molecule has 182 valence electrons. The fourth-order valence-electron chi connectivity index (χ4n) is 10.7. The lowest BCUT2D eigenvalue weighted by Crippen LogP contribution is -2.65. The van der Waals surface area contributed by atoms with E-state index in [2.05, 4.69) is 54.5 Å². The Balaban J connectivity index is 1.60. The second-order valence-electron chi connectivity index (χ2n) is 15.2. The first-order valence-corrected chi connectivity index (χ1v) is 13.8. The maximum absolute atomic E-state index is 11.2. The van der Waals surface area contributed by atoms with Crippen LogP contribution in [0.4, 0.5) is 0 Å². The molecule has 0 amide bonds. The molecule has 0 unspecified atom stereocenters. The van der Waals surface area contributed by atoms with Crippen LogP contribution < -0.4 is 0 Å². The molecule has 5 rings (SSSR count). The van der Waals surface area contributed by atoms with Crippen LogP contribution in [-0.4, -0.2) is 22.9 Å². The Bertz CT molecular complexity index is 810. The summed E-state index contributed by atoms with van der Waals surface area (Å²) in [7, 11) is 0. The highest BCUT2D eigenvalue weighted by atomic mass is 16.3. The third-order valence-corrected chi connectivity index (χ3v) is 13.0. The highest BCUT2D eigenvalue weighted by Gasteiger charge is 2.69. The van der Waals surface area contributed by atoms with Crippen LogP contribution in [0.5, 0.6) is 0 Å². The standard InChI is InChI=1S/C30H50O2/c1-25(2)14-15-27(5)16-17-30(19-31)20(21(27)18-25)8-9-23-28(6)12-11-24(32)26(3,4)22(28)10-13-29(23,30)7/h8,21-24,31-32H,9-19H2,1-7H3/t21-,22-,23+,24+,27+,28-,29+,30-/m0/s1. The van der Waals surface area contributed by atoms with Gasteiger partial charge in [-0.3, -0.25) is 0 Å². The molecule has 32 heavy (non-hydrogen) atoms. The summed E-state index contributed by atoms with van der Waals surface area (Å²) in [6.45, 7) is 17.6. The fourth-order valence-corrected chi connectivity index (χ4v) is 10.7. The highest BCUT2D eigenvalue weighted by Crippen LogP contribution is 2.75. The first kappa shape index (κ1) is 23.4. The minimum absolute atomic E-state index is 0.0107. The summed E-state index contributed by atoms with van der Waals surface area (Å²) in [6, 6.07) is 0. The number of aliphatic hydroxyl groups is 2. The Labute approximate surface area is 197 Å². The van der Waals surface area contributed by atoms with Gasteiger partial charge in [0.25, 0.3) is 0 Å². The van der Waals surface area contributed by atoms with Crippen molar-refractivity contribution < 1.29 is 10.2 Å². The smallest absolute Gasteiger partial charge is 0.0594 e. The van der Waals surface area contributed by atoms with E-state index in [4.69, 9.17) is 0 Å². The fraction of sp³-hybridized carbons (Fsp3) is 0.933. The third-order valence-electron chi connectivity index (χ3n) is 13.0. The van der Waals surface area contributed by atoms with Crippen LogP contribution in [0.1, 0.15) is 113 Å². The number of fused-ring (bicyclic) bond motifs is 7. The largest absolute Gasteiger partial charge is 0.395 e. The average Bonchev–Trinajstić information content (AvgIpc) is 2.71. The second kappa shape index (κ2) is 6.87. The highest BCUT2D eigenvalue weighted by molar-refractivity contribution is 5.34. The Morgan fingerprint density at radius 2 is 1.53 bits per heavy atom. The summed E-state index contributed by atoms with van der Waals surface area (Å²) in [5.74, 6) is 1.82. The molecule has 0 spiro atoms. The summed E-state index contributed by atoms with van der Waals surface area (Å²) < 4.78 is 0. The Hall–Kier alpha value is -0.340. The lowest BCUT2D eigenvalue weighted by molar-refractivity contribution is -0.212. The van der Waals surface area contributed by atoms with Gasteiger partial charge in [0.2, 0.25) is 0 Å². The van der Waals surface area contributed by atoms with Gasteiger partial charge in [0.15, 0.2) is 0 Å². The molecule has 2 nitrogen and oxygen atoms in total. The van der Waals surface area contributed by atoms with Crippen molar-refractivity contribution >= 4 is 0 Å². The summed E-state index contributed by atoms with van der Waals surface area (Å²) in [6.07, 6.45) is 14.6. The van der Waals surface area contributed by atoms with Crippen LogP contribution in [-0.2, 0) is 0 Å². The Kier molecular flexibility index (Phi) is 5.02. The predicted molar refractivity (Wildman–Crippen MR) is 132 cm³/mol. The molecule has 0 heterocycles. The topological polar surface area (TPSA) is 40.5 Å². The zero-order valence-electron chi connectivity index (χ0n) is 22.1. The van der Waals surface area contributed by atoms with Crippen LogP contribution in [0.25, 0.3) is 0 Å². The van der Waals surface area contributed by atoms with Gasteiger partial charge < -0.3 is 10.2 Å². The Morgan fingerprint density at radius 1 is 0.844 bits per heavy atom. The van der Waals surface area contributed by atoms with Gasteiger partial charge in [-0.15, -0.1) is 0 Å². The van der Waals surface area contributed by atoms with Crippen LogP contribution >= 0.6 is 0 Å². The van der Waals surface area contributed by atoms with Gasteiger partial charge in [-0.2, -0.15) is 0 Å². The van der Waals surface area contributed by atoms with Crippen molar-refractivity contribution in [1.82, 2.24) is 0 Å².